The van der Waals surface area contributed by atoms with Gasteiger partial charge in [0.25, 0.3) is 0 Å². The Labute approximate surface area is 143 Å². The van der Waals surface area contributed by atoms with Crippen LogP contribution in [0.1, 0.15) is 34.1 Å². The first-order valence-electron chi connectivity index (χ1n) is 8.17. The van der Waals surface area contributed by atoms with E-state index in [0.29, 0.717) is 18.6 Å². The third-order valence-electron chi connectivity index (χ3n) is 3.28. The summed E-state index contributed by atoms with van der Waals surface area (Å²) in [6.07, 6.45) is 4.64. The molecule has 0 rings (SSSR count). The van der Waals surface area contributed by atoms with E-state index in [1.54, 1.807) is 0 Å². The van der Waals surface area contributed by atoms with E-state index in [-0.39, 0.29) is 0 Å². The van der Waals surface area contributed by atoms with Crippen molar-refractivity contribution in [3.63, 3.8) is 0 Å². The van der Waals surface area contributed by atoms with Gasteiger partial charge in [0.2, 0.25) is 5.91 Å². The molecule has 0 aromatic carbocycles. The van der Waals surface area contributed by atoms with Gasteiger partial charge in [-0.05, 0) is 45.7 Å². The molecular weight excluding hydrogens is 302 g/mol. The number of hydrogen-bond donors (Lipinski definition) is 1. The lowest BCUT2D eigenvalue weighted by Crippen LogP contribution is -2.21. The first-order valence-corrected chi connectivity index (χ1v) is 11.9. The van der Waals surface area contributed by atoms with Crippen molar-refractivity contribution in [2.75, 3.05) is 13.2 Å². The number of carbonyl (C=O) groups excluding carboxylic acids is 1. The summed E-state index contributed by atoms with van der Waals surface area (Å²) in [5.74, 6) is -0.407. The van der Waals surface area contributed by atoms with Gasteiger partial charge in [-0.1, -0.05) is 37.4 Å². The predicted octanol–water partition coefficient (Wildman–Crippen LogP) is 4.60. The number of carbonyl (C=O) groups is 1. The Morgan fingerprint density at radius 2 is 1.74 bits per heavy atom. The maximum absolute atomic E-state index is 11.6. The first-order chi connectivity index (χ1) is 10.5. The molecule has 4 heteroatoms. The van der Waals surface area contributed by atoms with Crippen molar-refractivity contribution in [1.29, 1.82) is 0 Å². The molecule has 0 fully saturated rings. The van der Waals surface area contributed by atoms with Crippen LogP contribution in [0.25, 0.3) is 0 Å². The van der Waals surface area contributed by atoms with E-state index in [9.17, 15) is 4.79 Å². The Balaban J connectivity index is 4.62. The van der Waals surface area contributed by atoms with E-state index in [2.05, 4.69) is 31.4 Å². The van der Waals surface area contributed by atoms with E-state index in [4.69, 9.17) is 10.5 Å². The van der Waals surface area contributed by atoms with Crippen molar-refractivity contribution < 1.29 is 9.53 Å². The van der Waals surface area contributed by atoms with Gasteiger partial charge in [-0.25, -0.2) is 0 Å². The van der Waals surface area contributed by atoms with Crippen LogP contribution in [0.2, 0.25) is 25.7 Å². The van der Waals surface area contributed by atoms with Gasteiger partial charge < -0.3 is 10.5 Å². The SMILES string of the molecule is CC(C)=C=C(C)/C(=C\C/C(C)=C\COCC[Si](C)(C)C)C(N)=O. The molecule has 1 amide bonds. The molecule has 130 valence electrons. The Morgan fingerprint density at radius 3 is 2.22 bits per heavy atom. The van der Waals surface area contributed by atoms with E-state index in [0.717, 1.165) is 17.8 Å². The lowest BCUT2D eigenvalue weighted by atomic mass is 10.0. The molecule has 0 spiro atoms. The predicted molar refractivity (Wildman–Crippen MR) is 102 cm³/mol. The van der Waals surface area contributed by atoms with Crippen LogP contribution in [0.4, 0.5) is 0 Å². The fraction of sp³-hybridized carbons (Fsp3) is 0.579. The summed E-state index contributed by atoms with van der Waals surface area (Å²) in [7, 11) is -1.02. The maximum atomic E-state index is 11.6. The highest BCUT2D eigenvalue weighted by molar-refractivity contribution is 6.76. The van der Waals surface area contributed by atoms with Crippen molar-refractivity contribution in [3.8, 4) is 0 Å². The van der Waals surface area contributed by atoms with Crippen LogP contribution >= 0.6 is 0 Å². The second kappa shape index (κ2) is 10.4. The van der Waals surface area contributed by atoms with Crippen molar-refractivity contribution in [2.24, 2.45) is 5.73 Å². The smallest absolute Gasteiger partial charge is 0.249 e. The molecule has 2 N–H and O–H groups in total. The Kier molecular flexibility index (Phi) is 9.81. The summed E-state index contributed by atoms with van der Waals surface area (Å²) in [6, 6.07) is 1.18. The van der Waals surface area contributed by atoms with Crippen molar-refractivity contribution in [3.05, 3.63) is 40.2 Å². The average molecular weight is 336 g/mol. The number of primary amides is 1. The van der Waals surface area contributed by atoms with E-state index in [1.807, 2.05) is 33.8 Å². The number of nitrogens with two attached hydrogens (primary N) is 1. The van der Waals surface area contributed by atoms with Crippen molar-refractivity contribution in [1.82, 2.24) is 0 Å². The van der Waals surface area contributed by atoms with E-state index < -0.39 is 14.0 Å². The fourth-order valence-corrected chi connectivity index (χ4v) is 2.65. The number of ether oxygens (including phenoxy) is 1. The van der Waals surface area contributed by atoms with Crippen molar-refractivity contribution >= 4 is 14.0 Å². The first kappa shape index (κ1) is 21.6. The van der Waals surface area contributed by atoms with Gasteiger partial charge in [-0.15, -0.1) is 5.73 Å². The third kappa shape index (κ3) is 11.8. The zero-order valence-electron chi connectivity index (χ0n) is 15.9. The maximum Gasteiger partial charge on any atom is 0.249 e. The van der Waals surface area contributed by atoms with Gasteiger partial charge in [-0.3, -0.25) is 4.79 Å². The van der Waals surface area contributed by atoms with Gasteiger partial charge >= 0.3 is 0 Å². The lowest BCUT2D eigenvalue weighted by molar-refractivity contribution is -0.114. The third-order valence-corrected chi connectivity index (χ3v) is 4.99. The average Bonchev–Trinajstić information content (AvgIpc) is 2.35. The lowest BCUT2D eigenvalue weighted by Gasteiger charge is -2.14. The number of amides is 1. The number of allylic oxidation sites excluding steroid dienone is 2. The van der Waals surface area contributed by atoms with Gasteiger partial charge in [0.1, 0.15) is 0 Å². The monoisotopic (exact) mass is 335 g/mol. The molecular formula is C19H33NO2Si. The van der Waals surface area contributed by atoms with Crippen molar-refractivity contribution in [2.45, 2.75) is 59.8 Å². The minimum absolute atomic E-state index is 0.407. The Hall–Kier alpha value is -1.35. The standard InChI is InChI=1S/C19H33NO2Si/c1-15(2)14-17(4)18(19(20)21)9-8-16(3)10-11-22-12-13-23(5,6)7/h9-10H,8,11-13H2,1-7H3,(H2,20,21)/b16-10-,18-9+. The van der Waals surface area contributed by atoms with Crippen LogP contribution in [-0.4, -0.2) is 27.2 Å². The molecule has 0 aliphatic carbocycles. The van der Waals surface area contributed by atoms with Crippen LogP contribution in [0.3, 0.4) is 0 Å². The van der Waals surface area contributed by atoms with Crippen LogP contribution in [-0.2, 0) is 9.53 Å². The van der Waals surface area contributed by atoms with Crippen LogP contribution in [0.15, 0.2) is 40.2 Å². The zero-order chi connectivity index (χ0) is 18.0. The zero-order valence-corrected chi connectivity index (χ0v) is 16.9. The van der Waals surface area contributed by atoms with Gasteiger partial charge in [0, 0.05) is 25.8 Å². The number of hydrogen-bond acceptors (Lipinski definition) is 2. The molecule has 0 heterocycles. The van der Waals surface area contributed by atoms with Crippen LogP contribution in [0.5, 0.6) is 0 Å². The Morgan fingerprint density at radius 1 is 1.13 bits per heavy atom. The Bertz CT molecular complexity index is 526. The second-order valence-electron chi connectivity index (χ2n) is 7.37. The summed E-state index contributed by atoms with van der Waals surface area (Å²) < 4.78 is 5.66. The van der Waals surface area contributed by atoms with Gasteiger partial charge in [0.05, 0.1) is 6.61 Å². The molecule has 0 saturated heterocycles. The minimum Gasteiger partial charge on any atom is -0.378 e. The highest BCUT2D eigenvalue weighted by atomic mass is 28.3. The molecule has 0 aliphatic rings. The number of rotatable bonds is 9. The molecule has 0 aromatic heterocycles. The molecule has 3 nitrogen and oxygen atoms in total. The fourth-order valence-electron chi connectivity index (χ4n) is 1.89. The van der Waals surface area contributed by atoms with Gasteiger partial charge in [-0.2, -0.15) is 0 Å². The summed E-state index contributed by atoms with van der Waals surface area (Å²) in [4.78, 5) is 11.6. The van der Waals surface area contributed by atoms with Crippen LogP contribution < -0.4 is 5.73 Å². The van der Waals surface area contributed by atoms with Crippen LogP contribution in [0, 0.1) is 0 Å². The van der Waals surface area contributed by atoms with E-state index >= 15 is 0 Å². The molecule has 0 aliphatic heterocycles. The molecule has 0 saturated carbocycles. The van der Waals surface area contributed by atoms with Gasteiger partial charge in [0.15, 0.2) is 0 Å². The highest BCUT2D eigenvalue weighted by Gasteiger charge is 2.11. The second-order valence-corrected chi connectivity index (χ2v) is 13.0. The largest absolute Gasteiger partial charge is 0.378 e. The molecule has 0 aromatic rings. The normalized spacial score (nSPS) is 12.8. The molecule has 23 heavy (non-hydrogen) atoms. The molecule has 0 unspecified atom stereocenters. The quantitative estimate of drug-likeness (QED) is 0.167. The highest BCUT2D eigenvalue weighted by Crippen LogP contribution is 2.13. The summed E-state index contributed by atoms with van der Waals surface area (Å²) in [5, 5.41) is 0. The molecule has 0 bridgehead atoms. The van der Waals surface area contributed by atoms with E-state index in [1.165, 1.54) is 11.6 Å². The summed E-state index contributed by atoms with van der Waals surface area (Å²) in [6.45, 7) is 16.3. The summed E-state index contributed by atoms with van der Waals surface area (Å²) in [5.41, 5.74) is 12.1. The summed E-state index contributed by atoms with van der Waals surface area (Å²) >= 11 is 0. The molecule has 0 atom stereocenters. The molecule has 0 radical (unpaired) electrons. The topological polar surface area (TPSA) is 52.3 Å². The minimum atomic E-state index is -1.02.